The lowest BCUT2D eigenvalue weighted by atomic mass is 10.1. The molecule has 1 atom stereocenters. The maximum Gasteiger partial charge on any atom is 0.280 e. The van der Waals surface area contributed by atoms with Gasteiger partial charge >= 0.3 is 0 Å². The van der Waals surface area contributed by atoms with Crippen LogP contribution in [0.25, 0.3) is 0 Å². The van der Waals surface area contributed by atoms with Crippen molar-refractivity contribution in [2.75, 3.05) is 19.6 Å². The minimum absolute atomic E-state index is 0.0955. The highest BCUT2D eigenvalue weighted by Crippen LogP contribution is 2.30. The Morgan fingerprint density at radius 1 is 1.31 bits per heavy atom. The third-order valence-corrected chi connectivity index (χ3v) is 5.08. The zero-order valence-corrected chi connectivity index (χ0v) is 15.2. The Morgan fingerprint density at radius 3 is 2.65 bits per heavy atom. The SMILES string of the molecule is Cn1ncc(C(=O)NCC(c2ccccc2Cl)N2CCCC2)c1C(F)F. The Balaban J connectivity index is 1.78. The van der Waals surface area contributed by atoms with Crippen molar-refractivity contribution in [2.24, 2.45) is 7.05 Å². The van der Waals surface area contributed by atoms with E-state index in [0.29, 0.717) is 11.6 Å². The van der Waals surface area contributed by atoms with Crippen molar-refractivity contribution in [1.82, 2.24) is 20.0 Å². The van der Waals surface area contributed by atoms with Gasteiger partial charge in [0.2, 0.25) is 0 Å². The summed E-state index contributed by atoms with van der Waals surface area (Å²) in [6, 6.07) is 7.42. The van der Waals surface area contributed by atoms with Gasteiger partial charge in [0.15, 0.2) is 0 Å². The fraction of sp³-hybridized carbons (Fsp3) is 0.444. The first-order valence-corrected chi connectivity index (χ1v) is 8.93. The molecular formula is C18H21ClF2N4O. The van der Waals surface area contributed by atoms with Gasteiger partial charge in [-0.3, -0.25) is 14.4 Å². The number of hydrogen-bond donors (Lipinski definition) is 1. The topological polar surface area (TPSA) is 50.2 Å². The molecule has 5 nitrogen and oxygen atoms in total. The van der Waals surface area contributed by atoms with Crippen LogP contribution in [0.2, 0.25) is 5.02 Å². The first-order valence-electron chi connectivity index (χ1n) is 8.55. The van der Waals surface area contributed by atoms with Gasteiger partial charge in [-0.15, -0.1) is 0 Å². The second kappa shape index (κ2) is 8.14. The predicted molar refractivity (Wildman–Crippen MR) is 95.5 cm³/mol. The van der Waals surface area contributed by atoms with E-state index in [0.717, 1.165) is 36.2 Å². The van der Waals surface area contributed by atoms with E-state index in [9.17, 15) is 13.6 Å². The molecule has 1 aromatic heterocycles. The summed E-state index contributed by atoms with van der Waals surface area (Å²) in [6.45, 7) is 2.13. The van der Waals surface area contributed by atoms with E-state index in [1.807, 2.05) is 24.3 Å². The second-order valence-corrected chi connectivity index (χ2v) is 6.77. The molecule has 2 heterocycles. The van der Waals surface area contributed by atoms with Crippen LogP contribution in [0.1, 0.15) is 46.9 Å². The molecule has 2 aromatic rings. The summed E-state index contributed by atoms with van der Waals surface area (Å²) < 4.78 is 27.4. The van der Waals surface area contributed by atoms with Crippen LogP contribution in [-0.4, -0.2) is 40.2 Å². The van der Waals surface area contributed by atoms with Crippen molar-refractivity contribution in [3.05, 3.63) is 52.3 Å². The highest BCUT2D eigenvalue weighted by atomic mass is 35.5. The van der Waals surface area contributed by atoms with Crippen molar-refractivity contribution in [3.8, 4) is 0 Å². The van der Waals surface area contributed by atoms with Crippen LogP contribution in [0.5, 0.6) is 0 Å². The van der Waals surface area contributed by atoms with Gasteiger partial charge in [-0.1, -0.05) is 29.8 Å². The zero-order chi connectivity index (χ0) is 18.7. The van der Waals surface area contributed by atoms with Gasteiger partial charge in [-0.2, -0.15) is 5.10 Å². The number of carbonyl (C=O) groups is 1. The number of nitrogens with one attached hydrogen (secondary N) is 1. The van der Waals surface area contributed by atoms with Crippen LogP contribution in [0.4, 0.5) is 8.78 Å². The molecule has 1 unspecified atom stereocenters. The summed E-state index contributed by atoms with van der Waals surface area (Å²) in [4.78, 5) is 14.7. The fourth-order valence-electron chi connectivity index (χ4n) is 3.40. The summed E-state index contributed by atoms with van der Waals surface area (Å²) in [5.41, 5.74) is 0.455. The number of likely N-dealkylation sites (tertiary alicyclic amines) is 1. The average Bonchev–Trinajstić information content (AvgIpc) is 3.26. The van der Waals surface area contributed by atoms with Gasteiger partial charge in [0.05, 0.1) is 17.8 Å². The second-order valence-electron chi connectivity index (χ2n) is 6.36. The minimum Gasteiger partial charge on any atom is -0.350 e. The molecule has 0 radical (unpaired) electrons. The lowest BCUT2D eigenvalue weighted by molar-refractivity contribution is 0.0921. The summed E-state index contributed by atoms with van der Waals surface area (Å²) in [5.74, 6) is -0.551. The van der Waals surface area contributed by atoms with Gasteiger partial charge in [0, 0.05) is 18.6 Å². The van der Waals surface area contributed by atoms with E-state index in [-0.39, 0.29) is 17.3 Å². The lowest BCUT2D eigenvalue weighted by Crippen LogP contribution is -2.37. The molecule has 0 bridgehead atoms. The van der Waals surface area contributed by atoms with E-state index in [1.165, 1.54) is 13.2 Å². The molecule has 0 saturated carbocycles. The Labute approximate surface area is 155 Å². The van der Waals surface area contributed by atoms with Gasteiger partial charge in [-0.25, -0.2) is 8.78 Å². The number of amides is 1. The fourth-order valence-corrected chi connectivity index (χ4v) is 3.66. The number of hydrogen-bond acceptors (Lipinski definition) is 3. The molecule has 1 aromatic carbocycles. The number of nitrogens with zero attached hydrogens (tertiary/aromatic N) is 3. The number of rotatable bonds is 6. The summed E-state index contributed by atoms with van der Waals surface area (Å²) in [7, 11) is 1.40. The van der Waals surface area contributed by atoms with E-state index < -0.39 is 12.3 Å². The van der Waals surface area contributed by atoms with Crippen molar-refractivity contribution in [2.45, 2.75) is 25.3 Å². The van der Waals surface area contributed by atoms with Crippen LogP contribution in [0.3, 0.4) is 0 Å². The number of aryl methyl sites for hydroxylation is 1. The minimum atomic E-state index is -2.76. The summed E-state index contributed by atoms with van der Waals surface area (Å²) in [5, 5.41) is 7.20. The molecule has 0 aliphatic carbocycles. The molecule has 3 rings (SSSR count). The molecule has 1 fully saturated rings. The maximum absolute atomic E-state index is 13.2. The third-order valence-electron chi connectivity index (χ3n) is 4.74. The molecule has 8 heteroatoms. The van der Waals surface area contributed by atoms with Gasteiger partial charge in [0.25, 0.3) is 12.3 Å². The largest absolute Gasteiger partial charge is 0.350 e. The van der Waals surface area contributed by atoms with Crippen molar-refractivity contribution in [1.29, 1.82) is 0 Å². The maximum atomic E-state index is 13.2. The third kappa shape index (κ3) is 3.88. The number of aromatic nitrogens is 2. The normalized spacial score (nSPS) is 16.2. The van der Waals surface area contributed by atoms with Crippen LogP contribution in [0.15, 0.2) is 30.5 Å². The zero-order valence-electron chi connectivity index (χ0n) is 14.5. The molecule has 1 aliphatic heterocycles. The average molecular weight is 383 g/mol. The first kappa shape index (κ1) is 18.8. The van der Waals surface area contributed by atoms with Crippen LogP contribution >= 0.6 is 11.6 Å². The number of benzene rings is 1. The molecular weight excluding hydrogens is 362 g/mol. The smallest absolute Gasteiger partial charge is 0.280 e. The molecule has 1 aliphatic rings. The van der Waals surface area contributed by atoms with Crippen LogP contribution in [0, 0.1) is 0 Å². The van der Waals surface area contributed by atoms with E-state index in [1.54, 1.807) is 0 Å². The highest BCUT2D eigenvalue weighted by molar-refractivity contribution is 6.31. The van der Waals surface area contributed by atoms with Crippen molar-refractivity contribution in [3.63, 3.8) is 0 Å². The first-order chi connectivity index (χ1) is 12.5. The number of carbonyl (C=O) groups excluding carboxylic acids is 1. The molecule has 1 amide bonds. The quantitative estimate of drug-likeness (QED) is 0.830. The molecule has 140 valence electrons. The Hall–Kier alpha value is -1.99. The lowest BCUT2D eigenvalue weighted by Gasteiger charge is -2.29. The van der Waals surface area contributed by atoms with E-state index in [4.69, 9.17) is 11.6 Å². The number of alkyl halides is 2. The van der Waals surface area contributed by atoms with E-state index in [2.05, 4.69) is 15.3 Å². The highest BCUT2D eigenvalue weighted by Gasteiger charge is 2.27. The van der Waals surface area contributed by atoms with Gasteiger partial charge < -0.3 is 5.32 Å². The standard InChI is InChI=1S/C18H21ClF2N4O/c1-24-16(17(20)21)13(10-23-24)18(26)22-11-15(25-8-4-5-9-25)12-6-2-3-7-14(12)19/h2-3,6-7,10,15,17H,4-5,8-9,11H2,1H3,(H,22,26). The Morgan fingerprint density at radius 2 is 2.00 bits per heavy atom. The molecule has 0 spiro atoms. The summed E-state index contributed by atoms with van der Waals surface area (Å²) in [6.07, 6.45) is 0.596. The monoisotopic (exact) mass is 382 g/mol. The van der Waals surface area contributed by atoms with E-state index >= 15 is 0 Å². The van der Waals surface area contributed by atoms with Crippen LogP contribution in [-0.2, 0) is 7.05 Å². The predicted octanol–water partition coefficient (Wildman–Crippen LogP) is 3.58. The molecule has 26 heavy (non-hydrogen) atoms. The number of halogens is 3. The van der Waals surface area contributed by atoms with Crippen molar-refractivity contribution < 1.29 is 13.6 Å². The van der Waals surface area contributed by atoms with Crippen molar-refractivity contribution >= 4 is 17.5 Å². The Bertz CT molecular complexity index is 774. The van der Waals surface area contributed by atoms with Gasteiger partial charge in [-0.05, 0) is 37.6 Å². The Kier molecular flexibility index (Phi) is 5.88. The summed E-state index contributed by atoms with van der Waals surface area (Å²) >= 11 is 6.35. The molecule has 1 saturated heterocycles. The van der Waals surface area contributed by atoms with Gasteiger partial charge in [0.1, 0.15) is 5.69 Å². The molecule has 1 N–H and O–H groups in total. The van der Waals surface area contributed by atoms with Crippen LogP contribution < -0.4 is 5.32 Å².